The fourth-order valence-corrected chi connectivity index (χ4v) is 4.48. The van der Waals surface area contributed by atoms with Crippen molar-refractivity contribution in [3.63, 3.8) is 0 Å². The van der Waals surface area contributed by atoms with Gasteiger partial charge in [-0.15, -0.1) is 11.3 Å². The molecule has 0 fully saturated rings. The van der Waals surface area contributed by atoms with Crippen molar-refractivity contribution in [2.75, 3.05) is 26.0 Å². The first kappa shape index (κ1) is 21.9. The number of nitrogens with zero attached hydrogens (tertiary/aromatic N) is 2. The van der Waals surface area contributed by atoms with Crippen LogP contribution in [0, 0.1) is 0 Å². The van der Waals surface area contributed by atoms with Gasteiger partial charge in [0.05, 0.1) is 29.2 Å². The maximum Gasteiger partial charge on any atom is 0.242 e. The van der Waals surface area contributed by atoms with Crippen molar-refractivity contribution < 1.29 is 17.9 Å². The normalized spacial score (nSPS) is 11.5. The predicted octanol–water partition coefficient (Wildman–Crippen LogP) is 3.64. The minimum Gasteiger partial charge on any atom is -0.493 e. The van der Waals surface area contributed by atoms with Crippen molar-refractivity contribution >= 4 is 33.0 Å². The maximum atomic E-state index is 12.4. The molecular formula is C21H23N3O4S2. The summed E-state index contributed by atoms with van der Waals surface area (Å²) in [5.74, 6) is 0.534. The van der Waals surface area contributed by atoms with E-state index in [1.165, 1.54) is 37.6 Å². The Bertz CT molecular complexity index is 1120. The van der Waals surface area contributed by atoms with E-state index in [4.69, 9.17) is 4.74 Å². The number of hydrogen-bond acceptors (Lipinski definition) is 6. The molecule has 2 aromatic carbocycles. The Morgan fingerprint density at radius 2 is 1.83 bits per heavy atom. The van der Waals surface area contributed by atoms with Crippen LogP contribution in [0.25, 0.3) is 10.6 Å². The van der Waals surface area contributed by atoms with Gasteiger partial charge in [0.25, 0.3) is 0 Å². The summed E-state index contributed by atoms with van der Waals surface area (Å²) in [6.07, 6.45) is 0.116. The van der Waals surface area contributed by atoms with E-state index in [0.29, 0.717) is 18.0 Å². The van der Waals surface area contributed by atoms with E-state index in [1.54, 1.807) is 12.1 Å². The smallest absolute Gasteiger partial charge is 0.242 e. The van der Waals surface area contributed by atoms with Gasteiger partial charge in [0.2, 0.25) is 15.9 Å². The minimum atomic E-state index is -3.50. The van der Waals surface area contributed by atoms with Gasteiger partial charge in [-0.1, -0.05) is 12.1 Å². The third-order valence-electron chi connectivity index (χ3n) is 4.23. The van der Waals surface area contributed by atoms with Crippen LogP contribution in [0.5, 0.6) is 5.75 Å². The molecule has 1 N–H and O–H groups in total. The zero-order chi connectivity index (χ0) is 21.7. The van der Waals surface area contributed by atoms with E-state index in [0.717, 1.165) is 20.6 Å². The Morgan fingerprint density at radius 3 is 2.50 bits per heavy atom. The van der Waals surface area contributed by atoms with E-state index in [1.807, 2.05) is 36.6 Å². The number of carbonyl (C=O) groups is 1. The SMILES string of the molecule is CCOc1ccccc1-c1nc(CC(=O)Nc2ccc(S(=O)(=O)N(C)C)cc2)cs1. The van der Waals surface area contributed by atoms with Gasteiger partial charge in [-0.2, -0.15) is 0 Å². The molecule has 0 aliphatic heterocycles. The van der Waals surface area contributed by atoms with Gasteiger partial charge in [-0.25, -0.2) is 17.7 Å². The summed E-state index contributed by atoms with van der Waals surface area (Å²) < 4.78 is 31.0. The quantitative estimate of drug-likeness (QED) is 0.572. The van der Waals surface area contributed by atoms with Crippen LogP contribution < -0.4 is 10.1 Å². The molecule has 7 nitrogen and oxygen atoms in total. The molecular weight excluding hydrogens is 422 g/mol. The van der Waals surface area contributed by atoms with E-state index < -0.39 is 10.0 Å². The standard InChI is InChI=1S/C21H23N3O4S2/c1-4-28-19-8-6-5-7-18(19)21-23-16(14-29-21)13-20(25)22-15-9-11-17(12-10-15)30(26,27)24(2)3/h5-12,14H,4,13H2,1-3H3,(H,22,25). The van der Waals surface area contributed by atoms with Crippen molar-refractivity contribution in [1.29, 1.82) is 0 Å². The van der Waals surface area contributed by atoms with Crippen molar-refractivity contribution in [3.8, 4) is 16.3 Å². The largest absolute Gasteiger partial charge is 0.493 e. The van der Waals surface area contributed by atoms with E-state index in [9.17, 15) is 13.2 Å². The molecule has 1 aromatic heterocycles. The van der Waals surface area contributed by atoms with Gasteiger partial charge in [0.15, 0.2) is 0 Å². The predicted molar refractivity (Wildman–Crippen MR) is 118 cm³/mol. The third kappa shape index (κ3) is 5.05. The van der Waals surface area contributed by atoms with Crippen LogP contribution in [-0.2, 0) is 21.2 Å². The number of para-hydroxylation sites is 1. The number of rotatable bonds is 8. The first-order valence-corrected chi connectivity index (χ1v) is 11.6. The van der Waals surface area contributed by atoms with Gasteiger partial charge in [-0.3, -0.25) is 4.79 Å². The first-order chi connectivity index (χ1) is 14.3. The Labute approximate surface area is 180 Å². The number of carbonyl (C=O) groups excluding carboxylic acids is 1. The summed E-state index contributed by atoms with van der Waals surface area (Å²) in [4.78, 5) is 17.1. The highest BCUT2D eigenvalue weighted by atomic mass is 32.2. The molecule has 30 heavy (non-hydrogen) atoms. The number of benzene rings is 2. The van der Waals surface area contributed by atoms with Crippen molar-refractivity contribution in [1.82, 2.24) is 9.29 Å². The van der Waals surface area contributed by atoms with Gasteiger partial charge in [0, 0.05) is 25.2 Å². The van der Waals surface area contributed by atoms with Crippen LogP contribution in [0.15, 0.2) is 58.8 Å². The molecule has 158 valence electrons. The Hall–Kier alpha value is -2.75. The van der Waals surface area contributed by atoms with E-state index in [-0.39, 0.29) is 17.2 Å². The molecule has 0 aliphatic rings. The monoisotopic (exact) mass is 445 g/mol. The number of amides is 1. The number of sulfonamides is 1. The van der Waals surface area contributed by atoms with Crippen LogP contribution in [-0.4, -0.2) is 44.3 Å². The second-order valence-corrected chi connectivity index (χ2v) is 9.62. The molecule has 0 radical (unpaired) electrons. The average molecular weight is 446 g/mol. The Kier molecular flexibility index (Phi) is 6.86. The fraction of sp³-hybridized carbons (Fsp3) is 0.238. The molecule has 0 bridgehead atoms. The maximum absolute atomic E-state index is 12.4. The molecule has 1 heterocycles. The van der Waals surface area contributed by atoms with Crippen LogP contribution >= 0.6 is 11.3 Å². The summed E-state index contributed by atoms with van der Waals surface area (Å²) in [6, 6.07) is 13.7. The molecule has 0 atom stereocenters. The third-order valence-corrected chi connectivity index (χ3v) is 6.98. The van der Waals surface area contributed by atoms with Crippen LogP contribution in [0.2, 0.25) is 0 Å². The number of aromatic nitrogens is 1. The van der Waals surface area contributed by atoms with E-state index >= 15 is 0 Å². The van der Waals surface area contributed by atoms with Crippen LogP contribution in [0.3, 0.4) is 0 Å². The molecule has 3 aromatic rings. The Balaban J connectivity index is 1.67. The molecule has 0 saturated heterocycles. The number of hydrogen-bond donors (Lipinski definition) is 1. The second-order valence-electron chi connectivity index (χ2n) is 6.61. The highest BCUT2D eigenvalue weighted by Gasteiger charge is 2.17. The lowest BCUT2D eigenvalue weighted by Crippen LogP contribution is -2.22. The minimum absolute atomic E-state index is 0.116. The highest BCUT2D eigenvalue weighted by molar-refractivity contribution is 7.89. The fourth-order valence-electron chi connectivity index (χ4n) is 2.73. The second kappa shape index (κ2) is 9.38. The molecule has 0 saturated carbocycles. The number of thiazole rings is 1. The van der Waals surface area contributed by atoms with Gasteiger partial charge in [0.1, 0.15) is 10.8 Å². The summed E-state index contributed by atoms with van der Waals surface area (Å²) in [5.41, 5.74) is 2.08. The lowest BCUT2D eigenvalue weighted by atomic mass is 10.2. The van der Waals surface area contributed by atoms with Crippen molar-refractivity contribution in [2.45, 2.75) is 18.2 Å². The van der Waals surface area contributed by atoms with Crippen molar-refractivity contribution in [3.05, 3.63) is 59.6 Å². The lowest BCUT2D eigenvalue weighted by molar-refractivity contribution is -0.115. The molecule has 0 unspecified atom stereocenters. The van der Waals surface area contributed by atoms with Gasteiger partial charge < -0.3 is 10.1 Å². The highest BCUT2D eigenvalue weighted by Crippen LogP contribution is 2.32. The molecule has 0 aliphatic carbocycles. The summed E-state index contributed by atoms with van der Waals surface area (Å²) in [6.45, 7) is 2.49. The van der Waals surface area contributed by atoms with Crippen LogP contribution in [0.4, 0.5) is 5.69 Å². The lowest BCUT2D eigenvalue weighted by Gasteiger charge is -2.11. The van der Waals surface area contributed by atoms with Crippen molar-refractivity contribution in [2.24, 2.45) is 0 Å². The zero-order valence-corrected chi connectivity index (χ0v) is 18.6. The topological polar surface area (TPSA) is 88.6 Å². The Morgan fingerprint density at radius 1 is 1.13 bits per heavy atom. The van der Waals surface area contributed by atoms with E-state index in [2.05, 4.69) is 10.3 Å². The zero-order valence-electron chi connectivity index (χ0n) is 17.0. The molecule has 3 rings (SSSR count). The molecule has 0 spiro atoms. The van der Waals surface area contributed by atoms with Gasteiger partial charge >= 0.3 is 0 Å². The number of ether oxygens (including phenoxy) is 1. The number of nitrogens with one attached hydrogen (secondary N) is 1. The summed E-state index contributed by atoms with van der Waals surface area (Å²) in [5, 5.41) is 5.41. The summed E-state index contributed by atoms with van der Waals surface area (Å²) in [7, 11) is -0.556. The summed E-state index contributed by atoms with van der Waals surface area (Å²) >= 11 is 1.46. The molecule has 9 heteroatoms. The number of anilines is 1. The van der Waals surface area contributed by atoms with Gasteiger partial charge in [-0.05, 0) is 43.3 Å². The molecule has 1 amide bonds. The first-order valence-electron chi connectivity index (χ1n) is 9.30. The average Bonchev–Trinajstić information content (AvgIpc) is 3.17. The van der Waals surface area contributed by atoms with Crippen LogP contribution in [0.1, 0.15) is 12.6 Å².